The average Bonchev–Trinajstić information content (AvgIpc) is 2.84. The number of fused-ring (bicyclic) bond motifs is 1. The van der Waals surface area contributed by atoms with Crippen LogP contribution in [-0.4, -0.2) is 39.4 Å². The number of nitrogens with one attached hydrogen (secondary N) is 1. The third-order valence-corrected chi connectivity index (χ3v) is 3.35. The van der Waals surface area contributed by atoms with Crippen molar-refractivity contribution in [3.8, 4) is 0 Å². The standard InChI is InChI=1S/C14H18N2O2/c1-16(9-11-8-15-6-7-17-11)13-10-18-14-5-3-2-4-12(13)14/h2-5,10-11,15H,6-9H2,1H3. The molecule has 4 nitrogen and oxygen atoms in total. The number of hydrogen-bond donors (Lipinski definition) is 1. The highest BCUT2D eigenvalue weighted by Crippen LogP contribution is 2.28. The van der Waals surface area contributed by atoms with Crippen molar-refractivity contribution in [3.63, 3.8) is 0 Å². The summed E-state index contributed by atoms with van der Waals surface area (Å²) in [5, 5.41) is 4.50. The first-order valence-electron chi connectivity index (χ1n) is 6.34. The number of ether oxygens (including phenoxy) is 1. The quantitative estimate of drug-likeness (QED) is 0.897. The highest BCUT2D eigenvalue weighted by molar-refractivity contribution is 5.90. The molecule has 1 N–H and O–H groups in total. The summed E-state index contributed by atoms with van der Waals surface area (Å²) in [6.07, 6.45) is 2.07. The molecule has 0 aliphatic carbocycles. The maximum Gasteiger partial charge on any atom is 0.136 e. The predicted molar refractivity (Wildman–Crippen MR) is 72.1 cm³/mol. The first kappa shape index (κ1) is 11.6. The molecule has 0 amide bonds. The third kappa shape index (κ3) is 2.21. The number of benzene rings is 1. The van der Waals surface area contributed by atoms with Crippen LogP contribution in [-0.2, 0) is 4.74 Å². The van der Waals surface area contributed by atoms with Gasteiger partial charge in [-0.2, -0.15) is 0 Å². The number of hydrogen-bond acceptors (Lipinski definition) is 4. The molecule has 1 unspecified atom stereocenters. The predicted octanol–water partition coefficient (Wildman–Crippen LogP) is 1.86. The lowest BCUT2D eigenvalue weighted by atomic mass is 10.2. The van der Waals surface area contributed by atoms with Gasteiger partial charge in [0.2, 0.25) is 0 Å². The molecule has 0 bridgehead atoms. The molecule has 0 spiro atoms. The molecule has 1 aliphatic heterocycles. The van der Waals surface area contributed by atoms with Gasteiger partial charge >= 0.3 is 0 Å². The van der Waals surface area contributed by atoms with Crippen LogP contribution in [0.25, 0.3) is 11.0 Å². The van der Waals surface area contributed by atoms with Gasteiger partial charge in [0.1, 0.15) is 11.8 Å². The summed E-state index contributed by atoms with van der Waals surface area (Å²) in [4.78, 5) is 2.20. The van der Waals surface area contributed by atoms with Crippen LogP contribution in [0.4, 0.5) is 5.69 Å². The van der Waals surface area contributed by atoms with E-state index in [1.165, 1.54) is 0 Å². The first-order chi connectivity index (χ1) is 8.84. The van der Waals surface area contributed by atoms with Gasteiger partial charge in [-0.25, -0.2) is 0 Å². The van der Waals surface area contributed by atoms with Gasteiger partial charge in [-0.05, 0) is 12.1 Å². The molecule has 1 atom stereocenters. The third-order valence-electron chi connectivity index (χ3n) is 3.35. The summed E-state index contributed by atoms with van der Waals surface area (Å²) < 4.78 is 11.3. The van der Waals surface area contributed by atoms with Crippen LogP contribution in [0.3, 0.4) is 0 Å². The van der Waals surface area contributed by atoms with Crippen molar-refractivity contribution in [2.45, 2.75) is 6.10 Å². The van der Waals surface area contributed by atoms with Gasteiger partial charge in [0.15, 0.2) is 0 Å². The zero-order chi connectivity index (χ0) is 12.4. The normalized spacial score (nSPS) is 20.2. The fourth-order valence-electron chi connectivity index (χ4n) is 2.40. The smallest absolute Gasteiger partial charge is 0.136 e. The maximum absolute atomic E-state index is 5.72. The molecule has 0 radical (unpaired) electrons. The molecule has 0 saturated carbocycles. The Morgan fingerprint density at radius 1 is 1.39 bits per heavy atom. The zero-order valence-corrected chi connectivity index (χ0v) is 10.6. The Bertz CT molecular complexity index is 517. The Kier molecular flexibility index (Phi) is 3.21. The lowest BCUT2D eigenvalue weighted by Gasteiger charge is -2.28. The van der Waals surface area contributed by atoms with Crippen molar-refractivity contribution in [1.82, 2.24) is 5.32 Å². The molecule has 1 fully saturated rings. The van der Waals surface area contributed by atoms with Crippen LogP contribution in [0.2, 0.25) is 0 Å². The number of furan rings is 1. The van der Waals surface area contributed by atoms with Crippen LogP contribution < -0.4 is 10.2 Å². The summed E-state index contributed by atoms with van der Waals surface area (Å²) in [5.74, 6) is 0. The Balaban J connectivity index is 1.76. The van der Waals surface area contributed by atoms with Crippen LogP contribution in [0.1, 0.15) is 0 Å². The van der Waals surface area contributed by atoms with Crippen molar-refractivity contribution in [2.24, 2.45) is 0 Å². The van der Waals surface area contributed by atoms with Crippen LogP contribution in [0.15, 0.2) is 34.9 Å². The number of likely N-dealkylation sites (N-methyl/N-ethyl adjacent to an activating group) is 1. The summed E-state index contributed by atoms with van der Waals surface area (Å²) in [6, 6.07) is 8.10. The monoisotopic (exact) mass is 246 g/mol. The van der Waals surface area contributed by atoms with E-state index in [2.05, 4.69) is 23.3 Å². The second-order valence-electron chi connectivity index (χ2n) is 4.69. The number of morpholine rings is 1. The van der Waals surface area contributed by atoms with E-state index < -0.39 is 0 Å². The van der Waals surface area contributed by atoms with Crippen molar-refractivity contribution >= 4 is 16.7 Å². The van der Waals surface area contributed by atoms with Gasteiger partial charge in [-0.1, -0.05) is 12.1 Å². The molecule has 1 saturated heterocycles. The van der Waals surface area contributed by atoms with E-state index in [9.17, 15) is 0 Å². The van der Waals surface area contributed by atoms with E-state index in [0.29, 0.717) is 0 Å². The molecule has 96 valence electrons. The zero-order valence-electron chi connectivity index (χ0n) is 10.6. The Hall–Kier alpha value is -1.52. The molecule has 2 aromatic rings. The average molecular weight is 246 g/mol. The fraction of sp³-hybridized carbons (Fsp3) is 0.429. The summed E-state index contributed by atoms with van der Waals surface area (Å²) in [5.41, 5.74) is 2.06. The van der Waals surface area contributed by atoms with E-state index in [1.807, 2.05) is 24.5 Å². The highest BCUT2D eigenvalue weighted by Gasteiger charge is 2.17. The lowest BCUT2D eigenvalue weighted by molar-refractivity contribution is 0.0340. The fourth-order valence-corrected chi connectivity index (χ4v) is 2.40. The molecule has 1 aliphatic rings. The second kappa shape index (κ2) is 5.00. The second-order valence-corrected chi connectivity index (χ2v) is 4.69. The van der Waals surface area contributed by atoms with Crippen molar-refractivity contribution < 1.29 is 9.15 Å². The Morgan fingerprint density at radius 2 is 2.28 bits per heavy atom. The molecule has 1 aromatic carbocycles. The highest BCUT2D eigenvalue weighted by atomic mass is 16.5. The van der Waals surface area contributed by atoms with Gasteiger partial charge < -0.3 is 19.4 Å². The lowest BCUT2D eigenvalue weighted by Crippen LogP contribution is -2.44. The summed E-state index contributed by atoms with van der Waals surface area (Å²) in [7, 11) is 2.08. The molecule has 18 heavy (non-hydrogen) atoms. The minimum Gasteiger partial charge on any atom is -0.462 e. The summed E-state index contributed by atoms with van der Waals surface area (Å²) >= 11 is 0. The van der Waals surface area contributed by atoms with Crippen LogP contribution in [0, 0.1) is 0 Å². The van der Waals surface area contributed by atoms with Gasteiger partial charge in [-0.15, -0.1) is 0 Å². The molecule has 1 aromatic heterocycles. The van der Waals surface area contributed by atoms with Gasteiger partial charge in [0, 0.05) is 32.1 Å². The SMILES string of the molecule is CN(CC1CNCCO1)c1coc2ccccc12. The van der Waals surface area contributed by atoms with Gasteiger partial charge in [0.05, 0.1) is 18.4 Å². The van der Waals surface area contributed by atoms with Gasteiger partial charge in [-0.3, -0.25) is 0 Å². The topological polar surface area (TPSA) is 37.6 Å². The summed E-state index contributed by atoms with van der Waals surface area (Å²) in [6.45, 7) is 3.54. The minimum absolute atomic E-state index is 0.248. The molecule has 4 heteroatoms. The minimum atomic E-state index is 0.248. The van der Waals surface area contributed by atoms with E-state index in [0.717, 1.165) is 42.9 Å². The van der Waals surface area contributed by atoms with Crippen LogP contribution >= 0.6 is 0 Å². The van der Waals surface area contributed by atoms with E-state index in [4.69, 9.17) is 9.15 Å². The molecule has 2 heterocycles. The van der Waals surface area contributed by atoms with Crippen molar-refractivity contribution in [1.29, 1.82) is 0 Å². The van der Waals surface area contributed by atoms with Crippen molar-refractivity contribution in [2.75, 3.05) is 38.2 Å². The largest absolute Gasteiger partial charge is 0.462 e. The molecule has 3 rings (SSSR count). The number of nitrogens with zero attached hydrogens (tertiary/aromatic N) is 1. The Morgan fingerprint density at radius 3 is 3.11 bits per heavy atom. The molecular weight excluding hydrogens is 228 g/mol. The first-order valence-corrected chi connectivity index (χ1v) is 6.34. The van der Waals surface area contributed by atoms with Crippen LogP contribution in [0.5, 0.6) is 0 Å². The Labute approximate surface area is 107 Å². The number of para-hydroxylation sites is 1. The number of rotatable bonds is 3. The van der Waals surface area contributed by atoms with Crippen molar-refractivity contribution in [3.05, 3.63) is 30.5 Å². The van der Waals surface area contributed by atoms with E-state index in [1.54, 1.807) is 0 Å². The maximum atomic E-state index is 5.72. The van der Waals surface area contributed by atoms with E-state index >= 15 is 0 Å². The number of anilines is 1. The van der Waals surface area contributed by atoms with E-state index in [-0.39, 0.29) is 6.10 Å². The van der Waals surface area contributed by atoms with Gasteiger partial charge in [0.25, 0.3) is 0 Å². The molecular formula is C14H18N2O2.